The van der Waals surface area contributed by atoms with Gasteiger partial charge in [0.2, 0.25) is 5.91 Å². The fraction of sp³-hybridized carbons (Fsp3) is 0.300. The monoisotopic (exact) mass is 336 g/mol. The molecule has 4 rings (SSSR count). The number of rotatable bonds is 4. The summed E-state index contributed by atoms with van der Waals surface area (Å²) in [5.74, 6) is 0.545. The second-order valence-corrected chi connectivity index (χ2v) is 6.41. The van der Waals surface area contributed by atoms with Crippen LogP contribution in [0.4, 0.5) is 5.69 Å². The molecule has 1 heterocycles. The number of ether oxygens (including phenoxy) is 1. The van der Waals surface area contributed by atoms with Gasteiger partial charge in [-0.1, -0.05) is 36.4 Å². The molecule has 0 unspecified atom stereocenters. The minimum absolute atomic E-state index is 0.0225. The van der Waals surface area contributed by atoms with Crippen molar-refractivity contribution in [2.75, 3.05) is 18.1 Å². The van der Waals surface area contributed by atoms with Crippen LogP contribution >= 0.6 is 0 Å². The molecule has 0 bridgehead atoms. The zero-order valence-electron chi connectivity index (χ0n) is 13.9. The van der Waals surface area contributed by atoms with Crippen molar-refractivity contribution >= 4 is 17.5 Å². The Kier molecular flexibility index (Phi) is 4.14. The molecule has 0 fully saturated rings. The van der Waals surface area contributed by atoms with Gasteiger partial charge in [-0.2, -0.15) is 0 Å². The van der Waals surface area contributed by atoms with E-state index in [2.05, 4.69) is 17.4 Å². The SMILES string of the molecule is O=C(CCN1C(=O)COc2ccccc21)N[C@@H]1CCc2ccccc21. The molecule has 0 saturated heterocycles. The number of nitrogens with zero attached hydrogens (tertiary/aromatic N) is 1. The van der Waals surface area contributed by atoms with Gasteiger partial charge in [0.25, 0.3) is 5.91 Å². The molecule has 5 nitrogen and oxygen atoms in total. The Hall–Kier alpha value is -2.82. The highest BCUT2D eigenvalue weighted by Crippen LogP contribution is 2.32. The van der Waals surface area contributed by atoms with Crippen LogP contribution in [0.25, 0.3) is 0 Å². The number of fused-ring (bicyclic) bond motifs is 2. The van der Waals surface area contributed by atoms with Crippen LogP contribution in [0, 0.1) is 0 Å². The Balaban J connectivity index is 1.39. The number of amides is 2. The number of hydrogen-bond acceptors (Lipinski definition) is 3. The molecule has 0 saturated carbocycles. The van der Waals surface area contributed by atoms with Crippen molar-refractivity contribution < 1.29 is 14.3 Å². The number of aryl methyl sites for hydroxylation is 1. The summed E-state index contributed by atoms with van der Waals surface area (Å²) in [5.41, 5.74) is 3.26. The molecule has 0 spiro atoms. The van der Waals surface area contributed by atoms with E-state index in [9.17, 15) is 9.59 Å². The Morgan fingerprint density at radius 2 is 1.96 bits per heavy atom. The van der Waals surface area contributed by atoms with E-state index in [0.717, 1.165) is 18.5 Å². The first-order valence-electron chi connectivity index (χ1n) is 8.62. The van der Waals surface area contributed by atoms with Crippen LogP contribution in [-0.2, 0) is 16.0 Å². The van der Waals surface area contributed by atoms with Gasteiger partial charge in [-0.3, -0.25) is 9.59 Å². The maximum Gasteiger partial charge on any atom is 0.265 e. The summed E-state index contributed by atoms with van der Waals surface area (Å²) in [5, 5.41) is 3.11. The lowest BCUT2D eigenvalue weighted by atomic mass is 10.1. The van der Waals surface area contributed by atoms with Gasteiger partial charge in [0.15, 0.2) is 6.61 Å². The van der Waals surface area contributed by atoms with E-state index in [1.807, 2.05) is 36.4 Å². The normalized spacial score (nSPS) is 18.3. The zero-order valence-corrected chi connectivity index (χ0v) is 13.9. The predicted octanol–water partition coefficient (Wildman–Crippen LogP) is 2.61. The lowest BCUT2D eigenvalue weighted by Crippen LogP contribution is -2.41. The Labute approximate surface area is 146 Å². The summed E-state index contributed by atoms with van der Waals surface area (Å²) in [6, 6.07) is 15.7. The fourth-order valence-corrected chi connectivity index (χ4v) is 3.59. The summed E-state index contributed by atoms with van der Waals surface area (Å²) >= 11 is 0. The Morgan fingerprint density at radius 3 is 2.88 bits per heavy atom. The highest BCUT2D eigenvalue weighted by molar-refractivity contribution is 5.98. The van der Waals surface area contributed by atoms with E-state index >= 15 is 0 Å². The molecule has 1 N–H and O–H groups in total. The largest absolute Gasteiger partial charge is 0.482 e. The summed E-state index contributed by atoms with van der Waals surface area (Å²) in [7, 11) is 0. The molecule has 128 valence electrons. The molecule has 1 aliphatic heterocycles. The van der Waals surface area contributed by atoms with Crippen molar-refractivity contribution in [1.82, 2.24) is 5.32 Å². The quantitative estimate of drug-likeness (QED) is 0.934. The zero-order chi connectivity index (χ0) is 17.2. The number of carbonyl (C=O) groups is 2. The number of benzene rings is 2. The Morgan fingerprint density at radius 1 is 1.16 bits per heavy atom. The minimum Gasteiger partial charge on any atom is -0.482 e. The molecule has 0 aromatic heterocycles. The highest BCUT2D eigenvalue weighted by Gasteiger charge is 2.27. The lowest BCUT2D eigenvalue weighted by molar-refractivity contribution is -0.122. The van der Waals surface area contributed by atoms with Gasteiger partial charge in [-0.05, 0) is 36.1 Å². The highest BCUT2D eigenvalue weighted by atomic mass is 16.5. The van der Waals surface area contributed by atoms with Gasteiger partial charge in [-0.15, -0.1) is 0 Å². The molecule has 1 aliphatic carbocycles. The topological polar surface area (TPSA) is 58.6 Å². The van der Waals surface area contributed by atoms with Crippen LogP contribution in [0.5, 0.6) is 5.75 Å². The molecule has 0 radical (unpaired) electrons. The van der Waals surface area contributed by atoms with Crippen LogP contribution in [0.15, 0.2) is 48.5 Å². The molecule has 2 aliphatic rings. The minimum atomic E-state index is -0.113. The van der Waals surface area contributed by atoms with Crippen molar-refractivity contribution in [3.8, 4) is 5.75 Å². The van der Waals surface area contributed by atoms with Crippen LogP contribution in [0.3, 0.4) is 0 Å². The first-order chi connectivity index (χ1) is 12.2. The average molecular weight is 336 g/mol. The van der Waals surface area contributed by atoms with Gasteiger partial charge >= 0.3 is 0 Å². The van der Waals surface area contributed by atoms with E-state index in [-0.39, 0.29) is 30.9 Å². The predicted molar refractivity (Wildman–Crippen MR) is 94.6 cm³/mol. The number of anilines is 1. The summed E-state index contributed by atoms with van der Waals surface area (Å²) in [6.07, 6.45) is 2.21. The van der Waals surface area contributed by atoms with Gasteiger partial charge in [0.1, 0.15) is 5.75 Å². The maximum atomic E-state index is 12.4. The van der Waals surface area contributed by atoms with Gasteiger partial charge < -0.3 is 15.0 Å². The molecular weight excluding hydrogens is 316 g/mol. The van der Waals surface area contributed by atoms with Crippen molar-refractivity contribution in [2.24, 2.45) is 0 Å². The molecule has 5 heteroatoms. The number of carbonyl (C=O) groups excluding carboxylic acids is 2. The Bertz CT molecular complexity index is 818. The fourth-order valence-electron chi connectivity index (χ4n) is 3.59. The van der Waals surface area contributed by atoms with Gasteiger partial charge in [0, 0.05) is 13.0 Å². The molecule has 2 aromatic rings. The maximum absolute atomic E-state index is 12.4. The lowest BCUT2D eigenvalue weighted by Gasteiger charge is -2.29. The second kappa shape index (κ2) is 6.59. The van der Waals surface area contributed by atoms with Crippen molar-refractivity contribution in [2.45, 2.75) is 25.3 Å². The first kappa shape index (κ1) is 15.7. The molecule has 2 amide bonds. The standard InChI is InChI=1S/C20H20N2O3/c23-19(21-16-10-9-14-5-1-2-6-15(14)16)11-12-22-17-7-3-4-8-18(17)25-13-20(22)24/h1-8,16H,9-13H2,(H,21,23)/t16-/m1/s1. The van der Waals surface area contributed by atoms with E-state index in [1.54, 1.807) is 4.90 Å². The van der Waals surface area contributed by atoms with E-state index in [4.69, 9.17) is 4.74 Å². The van der Waals surface area contributed by atoms with Crippen LogP contribution < -0.4 is 15.0 Å². The average Bonchev–Trinajstić information content (AvgIpc) is 3.04. The third kappa shape index (κ3) is 3.09. The smallest absolute Gasteiger partial charge is 0.265 e. The summed E-state index contributed by atoms with van der Waals surface area (Å²) in [4.78, 5) is 26.2. The first-order valence-corrected chi connectivity index (χ1v) is 8.62. The van der Waals surface area contributed by atoms with E-state index in [0.29, 0.717) is 12.3 Å². The second-order valence-electron chi connectivity index (χ2n) is 6.41. The molecule has 2 aromatic carbocycles. The number of para-hydroxylation sites is 2. The van der Waals surface area contributed by atoms with Crippen LogP contribution in [0.1, 0.15) is 30.0 Å². The van der Waals surface area contributed by atoms with Gasteiger partial charge in [0.05, 0.1) is 11.7 Å². The van der Waals surface area contributed by atoms with Crippen molar-refractivity contribution in [1.29, 1.82) is 0 Å². The van der Waals surface area contributed by atoms with Crippen LogP contribution in [0.2, 0.25) is 0 Å². The molecular formula is C20H20N2O3. The molecule has 1 atom stereocenters. The molecule has 25 heavy (non-hydrogen) atoms. The third-order valence-electron chi connectivity index (χ3n) is 4.84. The third-order valence-corrected chi connectivity index (χ3v) is 4.84. The number of hydrogen-bond donors (Lipinski definition) is 1. The van der Waals surface area contributed by atoms with E-state index < -0.39 is 0 Å². The summed E-state index contributed by atoms with van der Waals surface area (Å²) in [6.45, 7) is 0.383. The van der Waals surface area contributed by atoms with Crippen molar-refractivity contribution in [3.63, 3.8) is 0 Å². The summed E-state index contributed by atoms with van der Waals surface area (Å²) < 4.78 is 5.43. The van der Waals surface area contributed by atoms with Gasteiger partial charge in [-0.25, -0.2) is 0 Å². The van der Waals surface area contributed by atoms with E-state index in [1.165, 1.54) is 11.1 Å². The van der Waals surface area contributed by atoms with Crippen molar-refractivity contribution in [3.05, 3.63) is 59.7 Å². The number of nitrogens with one attached hydrogen (secondary N) is 1. The van der Waals surface area contributed by atoms with Crippen LogP contribution in [-0.4, -0.2) is 25.0 Å².